The van der Waals surface area contributed by atoms with Gasteiger partial charge < -0.3 is 10.4 Å². The summed E-state index contributed by atoms with van der Waals surface area (Å²) in [4.78, 5) is 12.6. The number of nitrogens with zero attached hydrogens (tertiary/aromatic N) is 1. The van der Waals surface area contributed by atoms with E-state index in [0.29, 0.717) is 16.3 Å². The van der Waals surface area contributed by atoms with E-state index < -0.39 is 0 Å². The van der Waals surface area contributed by atoms with Gasteiger partial charge in [0.1, 0.15) is 11.4 Å². The lowest BCUT2D eigenvalue weighted by molar-refractivity contribution is 0.102. The first-order chi connectivity index (χ1) is 12.6. The third kappa shape index (κ3) is 3.00. The first kappa shape index (κ1) is 16.2. The molecule has 1 heterocycles. The number of aromatic nitrogens is 2. The number of H-pyrrole nitrogens is 1. The third-order valence-electron chi connectivity index (χ3n) is 4.09. The highest BCUT2D eigenvalue weighted by atomic mass is 35.5. The van der Waals surface area contributed by atoms with Crippen molar-refractivity contribution in [2.24, 2.45) is 0 Å². The number of carbonyl (C=O) groups is 1. The molecule has 4 aromatic rings. The molecular weight excluding hydrogens is 350 g/mol. The molecule has 0 saturated carbocycles. The summed E-state index contributed by atoms with van der Waals surface area (Å²) in [5.41, 5.74) is 1.90. The van der Waals surface area contributed by atoms with Crippen molar-refractivity contribution < 1.29 is 9.90 Å². The lowest BCUT2D eigenvalue weighted by Crippen LogP contribution is -2.12. The van der Waals surface area contributed by atoms with Crippen LogP contribution in [0, 0.1) is 0 Å². The molecule has 0 bridgehead atoms. The zero-order valence-electron chi connectivity index (χ0n) is 13.5. The Hall–Kier alpha value is -3.31. The Bertz CT molecular complexity index is 1120. The predicted molar refractivity (Wildman–Crippen MR) is 103 cm³/mol. The molecule has 0 aliphatic rings. The van der Waals surface area contributed by atoms with E-state index in [4.69, 9.17) is 11.6 Å². The molecule has 128 valence electrons. The quantitative estimate of drug-likeness (QED) is 0.487. The number of amides is 1. The molecule has 0 saturated heterocycles. The van der Waals surface area contributed by atoms with Crippen molar-refractivity contribution >= 4 is 34.0 Å². The molecule has 0 aliphatic carbocycles. The van der Waals surface area contributed by atoms with Gasteiger partial charge in [-0.2, -0.15) is 5.10 Å². The van der Waals surface area contributed by atoms with E-state index in [1.165, 1.54) is 6.07 Å². The van der Waals surface area contributed by atoms with E-state index in [1.807, 2.05) is 42.5 Å². The van der Waals surface area contributed by atoms with Gasteiger partial charge in [0.2, 0.25) is 0 Å². The maximum Gasteiger partial charge on any atom is 0.273 e. The number of carbonyl (C=O) groups excluding carboxylic acids is 1. The Morgan fingerprint density at radius 3 is 2.73 bits per heavy atom. The molecule has 3 aromatic carbocycles. The molecule has 0 fully saturated rings. The number of nitrogens with one attached hydrogen (secondary N) is 2. The van der Waals surface area contributed by atoms with Crippen molar-refractivity contribution in [1.82, 2.24) is 10.2 Å². The smallest absolute Gasteiger partial charge is 0.273 e. The van der Waals surface area contributed by atoms with Gasteiger partial charge in [-0.05, 0) is 35.7 Å². The number of halogens is 1. The van der Waals surface area contributed by atoms with Crippen molar-refractivity contribution in [3.05, 3.63) is 77.4 Å². The lowest BCUT2D eigenvalue weighted by Gasteiger charge is -2.07. The minimum atomic E-state index is -0.318. The van der Waals surface area contributed by atoms with Gasteiger partial charge in [-0.25, -0.2) is 0 Å². The van der Waals surface area contributed by atoms with Crippen LogP contribution in [0.3, 0.4) is 0 Å². The number of aromatic hydroxyl groups is 1. The zero-order valence-corrected chi connectivity index (χ0v) is 14.3. The number of aromatic amines is 1. The summed E-state index contributed by atoms with van der Waals surface area (Å²) in [6.07, 6.45) is 0. The molecule has 0 spiro atoms. The molecular formula is C20H14ClN3O2. The Balaban J connectivity index is 1.63. The number of phenolic OH excluding ortho intramolecular Hbond substituents is 1. The summed E-state index contributed by atoms with van der Waals surface area (Å²) in [6, 6.07) is 19.8. The van der Waals surface area contributed by atoms with E-state index in [2.05, 4.69) is 15.5 Å². The van der Waals surface area contributed by atoms with Crippen molar-refractivity contribution in [2.45, 2.75) is 0 Å². The van der Waals surface area contributed by atoms with Crippen LogP contribution in [0.25, 0.3) is 22.0 Å². The normalized spacial score (nSPS) is 10.8. The fourth-order valence-electron chi connectivity index (χ4n) is 2.81. The molecule has 6 heteroatoms. The highest BCUT2D eigenvalue weighted by molar-refractivity contribution is 6.31. The fraction of sp³-hybridized carbons (Fsp3) is 0. The van der Waals surface area contributed by atoms with Crippen LogP contribution in [-0.2, 0) is 0 Å². The van der Waals surface area contributed by atoms with E-state index in [-0.39, 0.29) is 17.4 Å². The van der Waals surface area contributed by atoms with Crippen LogP contribution in [0.2, 0.25) is 5.02 Å². The highest BCUT2D eigenvalue weighted by Gasteiger charge is 2.14. The van der Waals surface area contributed by atoms with Crippen LogP contribution < -0.4 is 5.32 Å². The van der Waals surface area contributed by atoms with Gasteiger partial charge in [0.05, 0.1) is 5.69 Å². The Kier molecular flexibility index (Phi) is 4.07. The van der Waals surface area contributed by atoms with Gasteiger partial charge in [0, 0.05) is 21.7 Å². The molecule has 1 aromatic heterocycles. The third-order valence-corrected chi connectivity index (χ3v) is 4.33. The molecule has 26 heavy (non-hydrogen) atoms. The Morgan fingerprint density at radius 1 is 1.04 bits per heavy atom. The molecule has 3 N–H and O–H groups in total. The van der Waals surface area contributed by atoms with Gasteiger partial charge in [-0.15, -0.1) is 0 Å². The molecule has 5 nitrogen and oxygen atoms in total. The second-order valence-electron chi connectivity index (χ2n) is 5.81. The summed E-state index contributed by atoms with van der Waals surface area (Å²) in [5, 5.41) is 22.2. The first-order valence-electron chi connectivity index (χ1n) is 7.95. The number of benzene rings is 3. The zero-order chi connectivity index (χ0) is 18.1. The van der Waals surface area contributed by atoms with Crippen LogP contribution >= 0.6 is 11.6 Å². The first-order valence-corrected chi connectivity index (χ1v) is 8.33. The molecule has 4 rings (SSSR count). The average Bonchev–Trinajstić information content (AvgIpc) is 3.14. The van der Waals surface area contributed by atoms with Crippen molar-refractivity contribution in [3.8, 4) is 17.0 Å². The van der Waals surface area contributed by atoms with Crippen molar-refractivity contribution in [3.63, 3.8) is 0 Å². The standard InChI is InChI=1S/C20H14ClN3O2/c21-13-8-9-19(25)15(10-13)17-11-18(24-23-17)20(26)22-16-7-3-5-12-4-1-2-6-14(12)16/h1-11,25H,(H,22,26)(H,23,24). The van der Waals surface area contributed by atoms with E-state index in [9.17, 15) is 9.90 Å². The second-order valence-corrected chi connectivity index (χ2v) is 6.25. The minimum absolute atomic E-state index is 0.0434. The van der Waals surface area contributed by atoms with Crippen molar-refractivity contribution in [2.75, 3.05) is 5.32 Å². The topological polar surface area (TPSA) is 78.0 Å². The minimum Gasteiger partial charge on any atom is -0.507 e. The van der Waals surface area contributed by atoms with Crippen LogP contribution in [0.1, 0.15) is 10.5 Å². The molecule has 0 unspecified atom stereocenters. The van der Waals surface area contributed by atoms with Gasteiger partial charge >= 0.3 is 0 Å². The number of hydrogen-bond donors (Lipinski definition) is 3. The maximum absolute atomic E-state index is 12.6. The molecule has 1 amide bonds. The van der Waals surface area contributed by atoms with Gasteiger partial charge in [-0.3, -0.25) is 9.89 Å². The predicted octanol–water partition coefficient (Wildman–Crippen LogP) is 4.84. The number of fused-ring (bicyclic) bond motifs is 1. The number of hydrogen-bond acceptors (Lipinski definition) is 3. The summed E-state index contributed by atoms with van der Waals surface area (Å²) < 4.78 is 0. The van der Waals surface area contributed by atoms with Crippen molar-refractivity contribution in [1.29, 1.82) is 0 Å². The Labute approximate surface area is 154 Å². The number of phenols is 1. The molecule has 0 atom stereocenters. The van der Waals surface area contributed by atoms with Crippen LogP contribution in [-0.4, -0.2) is 21.2 Å². The molecule has 0 radical (unpaired) electrons. The largest absolute Gasteiger partial charge is 0.507 e. The fourth-order valence-corrected chi connectivity index (χ4v) is 2.99. The average molecular weight is 364 g/mol. The summed E-state index contributed by atoms with van der Waals surface area (Å²) in [6.45, 7) is 0. The monoisotopic (exact) mass is 363 g/mol. The maximum atomic E-state index is 12.6. The summed E-state index contributed by atoms with van der Waals surface area (Å²) in [5.74, 6) is -0.275. The van der Waals surface area contributed by atoms with Gasteiger partial charge in [0.25, 0.3) is 5.91 Å². The van der Waals surface area contributed by atoms with Crippen LogP contribution in [0.5, 0.6) is 5.75 Å². The SMILES string of the molecule is O=C(Nc1cccc2ccccc12)c1cc(-c2cc(Cl)ccc2O)n[nH]1. The number of anilines is 1. The second kappa shape index (κ2) is 6.54. The van der Waals surface area contributed by atoms with E-state index in [0.717, 1.165) is 16.5 Å². The van der Waals surface area contributed by atoms with Crippen LogP contribution in [0.15, 0.2) is 66.7 Å². The van der Waals surface area contributed by atoms with Gasteiger partial charge in [-0.1, -0.05) is 48.0 Å². The van der Waals surface area contributed by atoms with E-state index >= 15 is 0 Å². The number of rotatable bonds is 3. The lowest BCUT2D eigenvalue weighted by atomic mass is 10.1. The molecule has 0 aliphatic heterocycles. The summed E-state index contributed by atoms with van der Waals surface area (Å²) >= 11 is 5.97. The van der Waals surface area contributed by atoms with Crippen LogP contribution in [0.4, 0.5) is 5.69 Å². The van der Waals surface area contributed by atoms with Gasteiger partial charge in [0.15, 0.2) is 0 Å². The summed E-state index contributed by atoms with van der Waals surface area (Å²) in [7, 11) is 0. The highest BCUT2D eigenvalue weighted by Crippen LogP contribution is 2.31. The van der Waals surface area contributed by atoms with E-state index in [1.54, 1.807) is 18.2 Å². The Morgan fingerprint density at radius 2 is 1.85 bits per heavy atom.